The SMILES string of the molecule is Cc1cc(-n2c3c(c4cc(O)ccc42)C2(CC(C)C2)OCC3(C)C)ccc1F. The topological polar surface area (TPSA) is 34.4 Å². The molecule has 1 fully saturated rings. The normalized spacial score (nSPS) is 25.7. The van der Waals surface area contributed by atoms with Crippen molar-refractivity contribution in [3.63, 3.8) is 0 Å². The van der Waals surface area contributed by atoms with Crippen molar-refractivity contribution in [2.75, 3.05) is 6.61 Å². The highest BCUT2D eigenvalue weighted by molar-refractivity contribution is 5.90. The number of aromatic nitrogens is 1. The molecule has 3 aromatic rings. The number of ether oxygens (including phenoxy) is 1. The molecule has 5 rings (SSSR count). The van der Waals surface area contributed by atoms with Gasteiger partial charge in [-0.1, -0.05) is 20.8 Å². The van der Waals surface area contributed by atoms with Crippen LogP contribution in [-0.4, -0.2) is 16.3 Å². The average Bonchev–Trinajstić information content (AvgIpc) is 2.95. The number of benzene rings is 2. The first kappa shape index (κ1) is 17.7. The second-order valence-electron chi connectivity index (χ2n) is 9.37. The summed E-state index contributed by atoms with van der Waals surface area (Å²) in [6.07, 6.45) is 1.99. The molecule has 1 aromatic heterocycles. The molecule has 1 spiro atoms. The summed E-state index contributed by atoms with van der Waals surface area (Å²) in [6, 6.07) is 10.8. The first-order valence-electron chi connectivity index (χ1n) is 10.0. The van der Waals surface area contributed by atoms with E-state index in [1.54, 1.807) is 13.0 Å². The van der Waals surface area contributed by atoms with E-state index in [0.717, 1.165) is 29.4 Å². The van der Waals surface area contributed by atoms with Crippen LogP contribution in [0.2, 0.25) is 0 Å². The van der Waals surface area contributed by atoms with Gasteiger partial charge in [0, 0.05) is 27.7 Å². The maximum atomic E-state index is 14.0. The molecular formula is C24H26FNO2. The molecular weight excluding hydrogens is 353 g/mol. The van der Waals surface area contributed by atoms with Crippen molar-refractivity contribution in [3.8, 4) is 11.4 Å². The predicted octanol–water partition coefficient (Wildman–Crippen LogP) is 5.72. The molecule has 0 atom stereocenters. The van der Waals surface area contributed by atoms with Crippen LogP contribution >= 0.6 is 0 Å². The predicted molar refractivity (Wildman–Crippen MR) is 109 cm³/mol. The number of aryl methyl sites for hydroxylation is 1. The van der Waals surface area contributed by atoms with E-state index in [-0.39, 0.29) is 22.6 Å². The summed E-state index contributed by atoms with van der Waals surface area (Å²) in [4.78, 5) is 0. The van der Waals surface area contributed by atoms with E-state index in [0.29, 0.717) is 18.1 Å². The van der Waals surface area contributed by atoms with E-state index in [9.17, 15) is 9.50 Å². The second kappa shape index (κ2) is 5.60. The van der Waals surface area contributed by atoms with E-state index in [4.69, 9.17) is 4.74 Å². The molecule has 3 nitrogen and oxygen atoms in total. The standard InChI is InChI=1S/C24H26FNO2/c1-14-11-24(12-14)21-18-10-17(27)6-8-20(18)26(22(21)23(3,4)13-28-24)16-5-7-19(25)15(2)9-16/h5-10,14,27H,11-13H2,1-4H3. The van der Waals surface area contributed by atoms with Gasteiger partial charge < -0.3 is 14.4 Å². The van der Waals surface area contributed by atoms with Crippen molar-refractivity contribution < 1.29 is 14.2 Å². The maximum absolute atomic E-state index is 14.0. The van der Waals surface area contributed by atoms with Gasteiger partial charge in [0.05, 0.1) is 17.7 Å². The molecule has 1 N–H and O–H groups in total. The van der Waals surface area contributed by atoms with Crippen molar-refractivity contribution in [1.29, 1.82) is 0 Å². The summed E-state index contributed by atoms with van der Waals surface area (Å²) >= 11 is 0. The highest BCUT2D eigenvalue weighted by Crippen LogP contribution is 2.57. The van der Waals surface area contributed by atoms with Gasteiger partial charge in [-0.25, -0.2) is 4.39 Å². The Balaban J connectivity index is 1.90. The van der Waals surface area contributed by atoms with Gasteiger partial charge in [0.1, 0.15) is 11.6 Å². The largest absolute Gasteiger partial charge is 0.508 e. The van der Waals surface area contributed by atoms with Gasteiger partial charge in [0.2, 0.25) is 0 Å². The molecule has 0 amide bonds. The molecule has 0 bridgehead atoms. The van der Waals surface area contributed by atoms with Gasteiger partial charge in [0.15, 0.2) is 0 Å². The van der Waals surface area contributed by atoms with Crippen molar-refractivity contribution in [2.24, 2.45) is 5.92 Å². The van der Waals surface area contributed by atoms with Crippen molar-refractivity contribution in [2.45, 2.75) is 51.6 Å². The third-order valence-electron chi connectivity index (χ3n) is 6.51. The lowest BCUT2D eigenvalue weighted by atomic mass is 9.64. The molecule has 28 heavy (non-hydrogen) atoms. The molecule has 146 valence electrons. The Morgan fingerprint density at radius 1 is 1.14 bits per heavy atom. The smallest absolute Gasteiger partial charge is 0.126 e. The summed E-state index contributed by atoms with van der Waals surface area (Å²) < 4.78 is 22.7. The fourth-order valence-electron chi connectivity index (χ4n) is 5.26. The van der Waals surface area contributed by atoms with Crippen LogP contribution in [-0.2, 0) is 15.8 Å². The van der Waals surface area contributed by atoms with E-state index in [1.807, 2.05) is 24.3 Å². The Bertz CT molecular complexity index is 1110. The summed E-state index contributed by atoms with van der Waals surface area (Å²) in [5.74, 6) is 0.685. The zero-order chi connectivity index (χ0) is 19.8. The van der Waals surface area contributed by atoms with Crippen LogP contribution in [0.5, 0.6) is 5.75 Å². The number of hydrogen-bond donors (Lipinski definition) is 1. The number of halogens is 1. The first-order chi connectivity index (χ1) is 13.2. The van der Waals surface area contributed by atoms with Crippen LogP contribution < -0.4 is 0 Å². The summed E-state index contributed by atoms with van der Waals surface area (Å²) in [7, 11) is 0. The monoisotopic (exact) mass is 379 g/mol. The zero-order valence-corrected chi connectivity index (χ0v) is 16.8. The molecule has 0 saturated heterocycles. The number of rotatable bonds is 1. The van der Waals surface area contributed by atoms with Crippen LogP contribution in [0.1, 0.15) is 50.4 Å². The fraction of sp³-hybridized carbons (Fsp3) is 0.417. The number of fused-ring (bicyclic) bond motifs is 4. The number of phenolic OH excluding ortho intramolecular Hbond substituents is 1. The molecule has 2 aliphatic rings. The third-order valence-corrected chi connectivity index (χ3v) is 6.51. The van der Waals surface area contributed by atoms with Crippen LogP contribution in [0.25, 0.3) is 16.6 Å². The molecule has 2 aromatic carbocycles. The van der Waals surface area contributed by atoms with Crippen LogP contribution in [0.3, 0.4) is 0 Å². The maximum Gasteiger partial charge on any atom is 0.126 e. The van der Waals surface area contributed by atoms with Crippen LogP contribution in [0.15, 0.2) is 36.4 Å². The summed E-state index contributed by atoms with van der Waals surface area (Å²) in [6.45, 7) is 9.11. The van der Waals surface area contributed by atoms with E-state index < -0.39 is 0 Å². The highest BCUT2D eigenvalue weighted by atomic mass is 19.1. The van der Waals surface area contributed by atoms with Gasteiger partial charge >= 0.3 is 0 Å². The molecule has 1 aliphatic heterocycles. The van der Waals surface area contributed by atoms with Gasteiger partial charge in [-0.3, -0.25) is 0 Å². The Labute approximate surface area is 164 Å². The van der Waals surface area contributed by atoms with Crippen molar-refractivity contribution in [1.82, 2.24) is 4.57 Å². The minimum atomic E-state index is -0.281. The Morgan fingerprint density at radius 3 is 2.57 bits per heavy atom. The molecule has 0 unspecified atom stereocenters. The highest BCUT2D eigenvalue weighted by Gasteiger charge is 2.53. The lowest BCUT2D eigenvalue weighted by Crippen LogP contribution is -2.50. The van der Waals surface area contributed by atoms with E-state index in [2.05, 4.69) is 25.3 Å². The molecule has 1 saturated carbocycles. The number of nitrogens with zero attached hydrogens (tertiary/aromatic N) is 1. The van der Waals surface area contributed by atoms with Crippen LogP contribution in [0.4, 0.5) is 4.39 Å². The second-order valence-corrected chi connectivity index (χ2v) is 9.37. The van der Waals surface area contributed by atoms with Crippen molar-refractivity contribution >= 4 is 10.9 Å². The van der Waals surface area contributed by atoms with Gasteiger partial charge in [-0.05, 0) is 67.6 Å². The lowest BCUT2D eigenvalue weighted by molar-refractivity contribution is -0.155. The van der Waals surface area contributed by atoms with Crippen molar-refractivity contribution in [3.05, 3.63) is 59.0 Å². The Kier molecular flexibility index (Phi) is 3.55. The van der Waals surface area contributed by atoms with Gasteiger partial charge in [0.25, 0.3) is 0 Å². The molecule has 4 heteroatoms. The fourth-order valence-corrected chi connectivity index (χ4v) is 5.26. The third kappa shape index (κ3) is 2.30. The number of aromatic hydroxyl groups is 1. The Morgan fingerprint density at radius 2 is 1.89 bits per heavy atom. The minimum absolute atomic E-state index is 0.196. The quantitative estimate of drug-likeness (QED) is 0.587. The van der Waals surface area contributed by atoms with Gasteiger partial charge in [-0.2, -0.15) is 0 Å². The van der Waals surface area contributed by atoms with E-state index in [1.165, 1.54) is 17.3 Å². The van der Waals surface area contributed by atoms with Gasteiger partial charge in [-0.15, -0.1) is 0 Å². The molecule has 2 heterocycles. The number of hydrogen-bond acceptors (Lipinski definition) is 2. The summed E-state index contributed by atoms with van der Waals surface area (Å²) in [5, 5.41) is 11.3. The van der Waals surface area contributed by atoms with Crippen LogP contribution in [0, 0.1) is 18.7 Å². The summed E-state index contributed by atoms with van der Waals surface area (Å²) in [5.41, 5.74) is 4.56. The lowest BCUT2D eigenvalue weighted by Gasteiger charge is -2.52. The molecule has 1 aliphatic carbocycles. The Hall–Kier alpha value is -2.33. The molecule has 0 radical (unpaired) electrons. The minimum Gasteiger partial charge on any atom is -0.508 e. The zero-order valence-electron chi connectivity index (χ0n) is 16.8. The first-order valence-corrected chi connectivity index (χ1v) is 10.0. The average molecular weight is 379 g/mol. The number of phenols is 1. The van der Waals surface area contributed by atoms with E-state index >= 15 is 0 Å².